The lowest BCUT2D eigenvalue weighted by Crippen LogP contribution is -2.50. The third-order valence-electron chi connectivity index (χ3n) is 6.90. The van der Waals surface area contributed by atoms with E-state index < -0.39 is 11.7 Å². The van der Waals surface area contributed by atoms with E-state index in [1.165, 1.54) is 24.5 Å². The maximum absolute atomic E-state index is 13.3. The highest BCUT2D eigenvalue weighted by Crippen LogP contribution is 2.35. The fourth-order valence-corrected chi connectivity index (χ4v) is 5.21. The van der Waals surface area contributed by atoms with Crippen LogP contribution in [0.1, 0.15) is 40.7 Å². The predicted molar refractivity (Wildman–Crippen MR) is 118 cm³/mol. The van der Waals surface area contributed by atoms with Gasteiger partial charge in [0.25, 0.3) is 0 Å². The Balaban J connectivity index is 1.25. The Morgan fingerprint density at radius 3 is 2.64 bits per heavy atom. The standard InChI is InChI=1S/C25H28F3N3O2/c26-25(27,28)22-7-3-5-18-15-31(12-9-20(18)22)24(32)29-19-13-21-17(14-30-10-1-2-11-30)6-4-8-23(21)33-16-19/h3-8,19H,1-2,9-16H2,(H,29,32)/t19-/m0/s1. The molecular weight excluding hydrogens is 431 g/mol. The molecule has 0 bridgehead atoms. The molecule has 8 heteroatoms. The number of benzene rings is 2. The SMILES string of the molecule is O=C(N[C@@H]1COc2cccc(CN3CCCC3)c2C1)N1CCc2c(cccc2C(F)(F)F)C1. The minimum absolute atomic E-state index is 0.173. The lowest BCUT2D eigenvalue weighted by molar-refractivity contribution is -0.138. The molecule has 5 nitrogen and oxygen atoms in total. The number of ether oxygens (including phenoxy) is 1. The molecule has 2 aromatic carbocycles. The molecule has 3 heterocycles. The largest absolute Gasteiger partial charge is 0.491 e. The summed E-state index contributed by atoms with van der Waals surface area (Å²) in [4.78, 5) is 17.0. The van der Waals surface area contributed by atoms with Crippen LogP contribution in [-0.4, -0.2) is 48.1 Å². The highest BCUT2D eigenvalue weighted by molar-refractivity contribution is 5.75. The van der Waals surface area contributed by atoms with Gasteiger partial charge in [0.05, 0.1) is 11.6 Å². The van der Waals surface area contributed by atoms with E-state index >= 15 is 0 Å². The van der Waals surface area contributed by atoms with Crippen LogP contribution in [0.2, 0.25) is 0 Å². The molecule has 0 saturated carbocycles. The quantitative estimate of drug-likeness (QED) is 0.741. The number of halogens is 3. The second-order valence-electron chi connectivity index (χ2n) is 9.15. The molecular formula is C25H28F3N3O2. The van der Waals surface area contributed by atoms with Crippen LogP contribution in [-0.2, 0) is 32.1 Å². The third kappa shape index (κ3) is 4.67. The van der Waals surface area contributed by atoms with Crippen molar-refractivity contribution < 1.29 is 22.7 Å². The molecule has 3 aliphatic heterocycles. The van der Waals surface area contributed by atoms with Crippen molar-refractivity contribution in [2.75, 3.05) is 26.2 Å². The van der Waals surface area contributed by atoms with Crippen LogP contribution in [0.4, 0.5) is 18.0 Å². The first-order valence-electron chi connectivity index (χ1n) is 11.6. The van der Waals surface area contributed by atoms with Crippen molar-refractivity contribution in [2.24, 2.45) is 0 Å². The van der Waals surface area contributed by atoms with Crippen molar-refractivity contribution >= 4 is 6.03 Å². The fourth-order valence-electron chi connectivity index (χ4n) is 5.21. The van der Waals surface area contributed by atoms with Crippen LogP contribution in [0.3, 0.4) is 0 Å². The molecule has 0 aliphatic carbocycles. The van der Waals surface area contributed by atoms with Gasteiger partial charge in [-0.05, 0) is 67.6 Å². The minimum Gasteiger partial charge on any atom is -0.491 e. The minimum atomic E-state index is -4.38. The summed E-state index contributed by atoms with van der Waals surface area (Å²) in [6.45, 7) is 3.92. The van der Waals surface area contributed by atoms with Crippen molar-refractivity contribution in [3.05, 3.63) is 64.2 Å². The summed E-state index contributed by atoms with van der Waals surface area (Å²) in [5.74, 6) is 0.878. The Morgan fingerprint density at radius 2 is 1.85 bits per heavy atom. The topological polar surface area (TPSA) is 44.8 Å². The van der Waals surface area contributed by atoms with Gasteiger partial charge in [-0.3, -0.25) is 4.90 Å². The number of fused-ring (bicyclic) bond motifs is 2. The number of carbonyl (C=O) groups excluding carboxylic acids is 1. The number of likely N-dealkylation sites (tertiary alicyclic amines) is 1. The summed E-state index contributed by atoms with van der Waals surface area (Å²) in [5.41, 5.74) is 2.64. The first kappa shape index (κ1) is 22.1. The van der Waals surface area contributed by atoms with E-state index in [1.807, 2.05) is 12.1 Å². The monoisotopic (exact) mass is 459 g/mol. The Bertz CT molecular complexity index is 1030. The summed E-state index contributed by atoms with van der Waals surface area (Å²) >= 11 is 0. The van der Waals surface area contributed by atoms with Gasteiger partial charge in [0.1, 0.15) is 12.4 Å². The van der Waals surface area contributed by atoms with Crippen LogP contribution in [0, 0.1) is 0 Å². The second-order valence-corrected chi connectivity index (χ2v) is 9.15. The summed E-state index contributed by atoms with van der Waals surface area (Å²) in [6, 6.07) is 9.89. The van der Waals surface area contributed by atoms with E-state index in [9.17, 15) is 18.0 Å². The number of alkyl halides is 3. The molecule has 0 unspecified atom stereocenters. The van der Waals surface area contributed by atoms with Gasteiger partial charge in [0.15, 0.2) is 0 Å². The molecule has 1 saturated heterocycles. The van der Waals surface area contributed by atoms with Crippen LogP contribution in [0.5, 0.6) is 5.75 Å². The molecule has 3 aliphatic rings. The Kier molecular flexibility index (Phi) is 5.95. The summed E-state index contributed by atoms with van der Waals surface area (Å²) in [5, 5.41) is 3.05. The molecule has 0 aromatic heterocycles. The van der Waals surface area contributed by atoms with Crippen LogP contribution < -0.4 is 10.1 Å². The average Bonchev–Trinajstić information content (AvgIpc) is 3.31. The smallest absolute Gasteiger partial charge is 0.416 e. The van der Waals surface area contributed by atoms with Gasteiger partial charge in [-0.15, -0.1) is 0 Å². The van der Waals surface area contributed by atoms with E-state index in [2.05, 4.69) is 16.3 Å². The van der Waals surface area contributed by atoms with Crippen LogP contribution in [0.15, 0.2) is 36.4 Å². The number of urea groups is 1. The first-order chi connectivity index (χ1) is 15.9. The normalized spacial score (nSPS) is 20.7. The molecule has 1 fully saturated rings. The maximum atomic E-state index is 13.3. The van der Waals surface area contributed by atoms with Gasteiger partial charge in [0, 0.05) is 25.2 Å². The second kappa shape index (κ2) is 8.89. The number of hydrogen-bond acceptors (Lipinski definition) is 3. The molecule has 1 atom stereocenters. The number of carbonyl (C=O) groups is 1. The van der Waals surface area contributed by atoms with E-state index in [0.717, 1.165) is 37.0 Å². The molecule has 33 heavy (non-hydrogen) atoms. The Hall–Kier alpha value is -2.74. The Labute approximate surface area is 191 Å². The molecule has 0 radical (unpaired) electrons. The van der Waals surface area contributed by atoms with E-state index in [0.29, 0.717) is 24.2 Å². The molecule has 5 rings (SSSR count). The lowest BCUT2D eigenvalue weighted by Gasteiger charge is -2.33. The number of amides is 2. The van der Waals surface area contributed by atoms with Crippen molar-refractivity contribution in [1.29, 1.82) is 0 Å². The first-order valence-corrected chi connectivity index (χ1v) is 11.6. The number of hydrogen-bond donors (Lipinski definition) is 1. The third-order valence-corrected chi connectivity index (χ3v) is 6.90. The van der Waals surface area contributed by atoms with Crippen molar-refractivity contribution in [1.82, 2.24) is 15.1 Å². The molecule has 2 amide bonds. The molecule has 2 aromatic rings. The van der Waals surface area contributed by atoms with Crippen molar-refractivity contribution in [3.63, 3.8) is 0 Å². The van der Waals surface area contributed by atoms with Gasteiger partial charge in [-0.2, -0.15) is 13.2 Å². The maximum Gasteiger partial charge on any atom is 0.416 e. The van der Waals surface area contributed by atoms with E-state index in [1.54, 1.807) is 11.0 Å². The van der Waals surface area contributed by atoms with Gasteiger partial charge in [-0.25, -0.2) is 4.79 Å². The van der Waals surface area contributed by atoms with Crippen molar-refractivity contribution in [2.45, 2.75) is 51.0 Å². The van der Waals surface area contributed by atoms with Gasteiger partial charge in [-0.1, -0.05) is 24.3 Å². The molecule has 1 N–H and O–H groups in total. The predicted octanol–water partition coefficient (Wildman–Crippen LogP) is 4.37. The van der Waals surface area contributed by atoms with E-state index in [-0.39, 0.29) is 31.6 Å². The highest BCUT2D eigenvalue weighted by atomic mass is 19.4. The summed E-state index contributed by atoms with van der Waals surface area (Å²) < 4.78 is 45.9. The van der Waals surface area contributed by atoms with Crippen LogP contribution >= 0.6 is 0 Å². The summed E-state index contributed by atoms with van der Waals surface area (Å²) in [7, 11) is 0. The lowest BCUT2D eigenvalue weighted by atomic mass is 9.94. The molecule has 176 valence electrons. The Morgan fingerprint density at radius 1 is 1.06 bits per heavy atom. The number of nitrogens with zero attached hydrogens (tertiary/aromatic N) is 2. The van der Waals surface area contributed by atoms with Crippen LogP contribution in [0.25, 0.3) is 0 Å². The molecule has 0 spiro atoms. The number of nitrogens with one attached hydrogen (secondary N) is 1. The highest BCUT2D eigenvalue weighted by Gasteiger charge is 2.36. The van der Waals surface area contributed by atoms with Gasteiger partial charge in [0.2, 0.25) is 0 Å². The zero-order valence-corrected chi connectivity index (χ0v) is 18.5. The summed E-state index contributed by atoms with van der Waals surface area (Å²) in [6.07, 6.45) is -1.03. The zero-order chi connectivity index (χ0) is 23.0. The van der Waals surface area contributed by atoms with Gasteiger partial charge >= 0.3 is 12.2 Å². The van der Waals surface area contributed by atoms with Crippen molar-refractivity contribution in [3.8, 4) is 5.75 Å². The average molecular weight is 460 g/mol. The van der Waals surface area contributed by atoms with Gasteiger partial charge < -0.3 is 15.0 Å². The zero-order valence-electron chi connectivity index (χ0n) is 18.5. The number of rotatable bonds is 3. The van der Waals surface area contributed by atoms with E-state index in [4.69, 9.17) is 4.74 Å². The fraction of sp³-hybridized carbons (Fsp3) is 0.480.